The smallest absolute Gasteiger partial charge is 0.247 e. The van der Waals surface area contributed by atoms with Crippen LogP contribution >= 0.6 is 27.7 Å². The maximum absolute atomic E-state index is 6.24. The summed E-state index contributed by atoms with van der Waals surface area (Å²) in [7, 11) is 0. The molecule has 1 aromatic carbocycles. The van der Waals surface area contributed by atoms with Gasteiger partial charge in [0.2, 0.25) is 17.3 Å². The molecule has 6 nitrogen and oxygen atoms in total. The fraction of sp³-hybridized carbons (Fsp3) is 0.333. The molecule has 4 rings (SSSR count). The van der Waals surface area contributed by atoms with Crippen molar-refractivity contribution < 1.29 is 4.74 Å². The minimum Gasteiger partial charge on any atom is -0.446 e. The van der Waals surface area contributed by atoms with Crippen LogP contribution in [0.5, 0.6) is 5.88 Å². The maximum Gasteiger partial charge on any atom is 0.247 e. The molecule has 150 valence electrons. The molecule has 1 aliphatic heterocycles. The number of pyridine rings is 1. The van der Waals surface area contributed by atoms with Gasteiger partial charge in [0.1, 0.15) is 5.69 Å². The molecule has 1 N–H and O–H groups in total. The van der Waals surface area contributed by atoms with Crippen LogP contribution in [-0.4, -0.2) is 25.9 Å². The highest BCUT2D eigenvalue weighted by atomic mass is 79.9. The first-order valence-electron chi connectivity index (χ1n) is 9.76. The van der Waals surface area contributed by atoms with E-state index in [0.29, 0.717) is 16.7 Å². The van der Waals surface area contributed by atoms with E-state index in [4.69, 9.17) is 4.74 Å². The van der Waals surface area contributed by atoms with Crippen molar-refractivity contribution >= 4 is 33.4 Å². The molecule has 1 aliphatic rings. The Morgan fingerprint density at radius 1 is 1.14 bits per heavy atom. The second kappa shape index (κ2) is 9.54. The van der Waals surface area contributed by atoms with Gasteiger partial charge in [0.15, 0.2) is 5.69 Å². The van der Waals surface area contributed by atoms with Gasteiger partial charge < -0.3 is 10.1 Å². The van der Waals surface area contributed by atoms with E-state index in [-0.39, 0.29) is 0 Å². The summed E-state index contributed by atoms with van der Waals surface area (Å²) in [5.74, 6) is 1.45. The number of aromatic nitrogens is 4. The molecule has 8 heteroatoms. The first-order valence-corrected chi connectivity index (χ1v) is 11.5. The Bertz CT molecular complexity index is 973. The predicted octanol–water partition coefficient (Wildman–Crippen LogP) is 5.87. The minimum absolute atomic E-state index is 0.462. The molecule has 0 amide bonds. The molecule has 2 aromatic heterocycles. The fourth-order valence-corrected chi connectivity index (χ4v) is 4.23. The number of hydrogen-bond acceptors (Lipinski definition) is 7. The van der Waals surface area contributed by atoms with Crippen molar-refractivity contribution in [3.63, 3.8) is 0 Å². The van der Waals surface area contributed by atoms with E-state index in [1.165, 1.54) is 19.3 Å². The molecule has 1 atom stereocenters. The SMILES string of the molecule is CCCCCCSc1nnc2c(n1)OC(c1ccccn1)Nc1ccc(Br)cc1-2. The number of rotatable bonds is 7. The van der Waals surface area contributed by atoms with Crippen molar-refractivity contribution in [2.75, 3.05) is 11.1 Å². The van der Waals surface area contributed by atoms with E-state index in [9.17, 15) is 0 Å². The van der Waals surface area contributed by atoms with E-state index < -0.39 is 6.23 Å². The fourth-order valence-electron chi connectivity index (χ4n) is 3.09. The van der Waals surface area contributed by atoms with E-state index in [0.717, 1.165) is 33.6 Å². The molecule has 3 aromatic rings. The van der Waals surface area contributed by atoms with E-state index in [2.05, 4.69) is 48.3 Å². The van der Waals surface area contributed by atoms with Crippen LogP contribution in [0, 0.1) is 0 Å². The highest BCUT2D eigenvalue weighted by Gasteiger charge is 2.27. The molecule has 3 heterocycles. The quantitative estimate of drug-likeness (QED) is 0.341. The van der Waals surface area contributed by atoms with Gasteiger partial charge in [0.25, 0.3) is 0 Å². The molecule has 0 aliphatic carbocycles. The van der Waals surface area contributed by atoms with Gasteiger partial charge in [-0.05, 0) is 36.8 Å². The molecule has 0 spiro atoms. The van der Waals surface area contributed by atoms with Crippen molar-refractivity contribution in [2.45, 2.75) is 44.0 Å². The Kier molecular flexibility index (Phi) is 6.61. The summed E-state index contributed by atoms with van der Waals surface area (Å²) < 4.78 is 7.19. The standard InChI is InChI=1S/C21H22BrN5OS/c1-2-3-4-7-12-29-21-25-20-18(26-27-21)15-13-14(22)9-10-16(15)24-19(28-20)17-8-5-6-11-23-17/h5-6,8-11,13,19,24H,2-4,7,12H2,1H3. The lowest BCUT2D eigenvalue weighted by Gasteiger charge is -2.18. The number of nitrogens with zero attached hydrogens (tertiary/aromatic N) is 4. The third-order valence-corrected chi connectivity index (χ3v) is 5.99. The summed E-state index contributed by atoms with van der Waals surface area (Å²) in [6.45, 7) is 2.21. The average Bonchev–Trinajstić information content (AvgIpc) is 2.90. The number of benzene rings is 1. The highest BCUT2D eigenvalue weighted by Crippen LogP contribution is 2.40. The molecular formula is C21H22BrN5OS. The summed E-state index contributed by atoms with van der Waals surface area (Å²) in [5, 5.41) is 12.9. The first kappa shape index (κ1) is 20.1. The van der Waals surface area contributed by atoms with Crippen LogP contribution in [0.3, 0.4) is 0 Å². The van der Waals surface area contributed by atoms with Crippen LogP contribution in [0.1, 0.15) is 44.5 Å². The summed E-state index contributed by atoms with van der Waals surface area (Å²) >= 11 is 5.17. The largest absolute Gasteiger partial charge is 0.446 e. The van der Waals surface area contributed by atoms with Gasteiger partial charge in [-0.2, -0.15) is 4.98 Å². The van der Waals surface area contributed by atoms with Crippen molar-refractivity contribution in [2.24, 2.45) is 0 Å². The zero-order valence-corrected chi connectivity index (χ0v) is 18.5. The van der Waals surface area contributed by atoms with E-state index in [1.807, 2.05) is 36.4 Å². The summed E-state index contributed by atoms with van der Waals surface area (Å²) in [4.78, 5) is 9.12. The van der Waals surface area contributed by atoms with E-state index >= 15 is 0 Å². The number of unbranched alkanes of at least 4 members (excludes halogenated alkanes) is 3. The molecule has 0 saturated heterocycles. The molecule has 0 fully saturated rings. The monoisotopic (exact) mass is 471 g/mol. The topological polar surface area (TPSA) is 72.8 Å². The lowest BCUT2D eigenvalue weighted by molar-refractivity contribution is 0.220. The van der Waals surface area contributed by atoms with Crippen LogP contribution in [0.4, 0.5) is 5.69 Å². The van der Waals surface area contributed by atoms with Gasteiger partial charge in [-0.25, -0.2) is 0 Å². The molecule has 0 saturated carbocycles. The zero-order chi connectivity index (χ0) is 20.1. The molecule has 0 bridgehead atoms. The lowest BCUT2D eigenvalue weighted by Crippen LogP contribution is -2.18. The highest BCUT2D eigenvalue weighted by molar-refractivity contribution is 9.10. The Hall–Kier alpha value is -2.19. The Balaban J connectivity index is 1.65. The maximum atomic E-state index is 6.24. The minimum atomic E-state index is -0.462. The first-order chi connectivity index (χ1) is 14.2. The predicted molar refractivity (Wildman–Crippen MR) is 119 cm³/mol. The van der Waals surface area contributed by atoms with Crippen molar-refractivity contribution in [1.82, 2.24) is 20.2 Å². The number of ether oxygens (including phenoxy) is 1. The molecular weight excluding hydrogens is 450 g/mol. The summed E-state index contributed by atoms with van der Waals surface area (Å²) in [6, 6.07) is 11.7. The van der Waals surface area contributed by atoms with Gasteiger partial charge in [-0.3, -0.25) is 4.98 Å². The second-order valence-electron chi connectivity index (χ2n) is 6.74. The Morgan fingerprint density at radius 2 is 2.07 bits per heavy atom. The van der Waals surface area contributed by atoms with Crippen molar-refractivity contribution in [3.05, 3.63) is 52.8 Å². The Morgan fingerprint density at radius 3 is 2.90 bits per heavy atom. The number of halogens is 1. The van der Waals surface area contributed by atoms with Gasteiger partial charge >= 0.3 is 0 Å². The van der Waals surface area contributed by atoms with Crippen molar-refractivity contribution in [1.29, 1.82) is 0 Å². The molecule has 1 unspecified atom stereocenters. The van der Waals surface area contributed by atoms with Crippen LogP contribution < -0.4 is 10.1 Å². The number of nitrogens with one attached hydrogen (secondary N) is 1. The third-order valence-electron chi connectivity index (χ3n) is 4.57. The summed E-state index contributed by atoms with van der Waals surface area (Å²) in [5.41, 5.74) is 3.20. The van der Waals surface area contributed by atoms with Crippen LogP contribution in [0.2, 0.25) is 0 Å². The van der Waals surface area contributed by atoms with E-state index in [1.54, 1.807) is 18.0 Å². The number of anilines is 1. The van der Waals surface area contributed by atoms with Gasteiger partial charge in [0, 0.05) is 27.7 Å². The average molecular weight is 472 g/mol. The lowest BCUT2D eigenvalue weighted by atomic mass is 10.1. The van der Waals surface area contributed by atoms with Crippen molar-refractivity contribution in [3.8, 4) is 17.1 Å². The zero-order valence-electron chi connectivity index (χ0n) is 16.1. The van der Waals surface area contributed by atoms with Gasteiger partial charge in [0.05, 0.1) is 0 Å². The normalized spacial score (nSPS) is 14.9. The van der Waals surface area contributed by atoms with Crippen LogP contribution in [0.25, 0.3) is 11.3 Å². The summed E-state index contributed by atoms with van der Waals surface area (Å²) in [6.07, 6.45) is 6.16. The number of fused-ring (bicyclic) bond motifs is 3. The third kappa shape index (κ3) is 4.87. The number of hydrogen-bond donors (Lipinski definition) is 1. The van der Waals surface area contributed by atoms with Gasteiger partial charge in [-0.15, -0.1) is 10.2 Å². The van der Waals surface area contributed by atoms with Gasteiger partial charge in [-0.1, -0.05) is 59.9 Å². The molecule has 0 radical (unpaired) electrons. The molecule has 29 heavy (non-hydrogen) atoms. The van der Waals surface area contributed by atoms with Crippen LogP contribution in [-0.2, 0) is 0 Å². The number of thioether (sulfide) groups is 1. The van der Waals surface area contributed by atoms with Crippen LogP contribution in [0.15, 0.2) is 52.2 Å². The second-order valence-corrected chi connectivity index (χ2v) is 8.72. The Labute approximate surface area is 183 Å².